The van der Waals surface area contributed by atoms with Crippen LogP contribution in [-0.4, -0.2) is 22.3 Å². The van der Waals surface area contributed by atoms with Crippen molar-refractivity contribution in [3.63, 3.8) is 0 Å². The molecule has 0 unspecified atom stereocenters. The van der Waals surface area contributed by atoms with Crippen LogP contribution in [0.25, 0.3) is 0 Å². The Balaban J connectivity index is 1.95. The SMILES string of the molecule is CCC1(c2nnc(CCNC(C)(C)C)o2)CCCC1. The fraction of sp³-hybridized carbons (Fsp3) is 0.867. The predicted molar refractivity (Wildman–Crippen MR) is 76.2 cm³/mol. The van der Waals surface area contributed by atoms with Crippen LogP contribution in [0.3, 0.4) is 0 Å². The highest BCUT2D eigenvalue weighted by molar-refractivity contribution is 5.06. The van der Waals surface area contributed by atoms with Crippen LogP contribution in [0.2, 0.25) is 0 Å². The first-order valence-corrected chi connectivity index (χ1v) is 7.53. The molecule has 0 aliphatic heterocycles. The van der Waals surface area contributed by atoms with Crippen molar-refractivity contribution >= 4 is 0 Å². The Bertz CT molecular complexity index is 400. The van der Waals surface area contributed by atoms with Gasteiger partial charge < -0.3 is 9.73 Å². The van der Waals surface area contributed by atoms with Gasteiger partial charge in [-0.05, 0) is 40.0 Å². The lowest BCUT2D eigenvalue weighted by atomic mass is 9.83. The third-order valence-electron chi connectivity index (χ3n) is 4.15. The van der Waals surface area contributed by atoms with E-state index in [1.54, 1.807) is 0 Å². The Labute approximate surface area is 116 Å². The third kappa shape index (κ3) is 3.56. The molecule has 1 fully saturated rings. The first-order chi connectivity index (χ1) is 8.95. The number of nitrogens with one attached hydrogen (secondary N) is 1. The van der Waals surface area contributed by atoms with Gasteiger partial charge in [-0.25, -0.2) is 0 Å². The lowest BCUT2D eigenvalue weighted by Crippen LogP contribution is -2.37. The highest BCUT2D eigenvalue weighted by Gasteiger charge is 2.38. The molecule has 0 atom stereocenters. The van der Waals surface area contributed by atoms with Crippen LogP contribution in [0.1, 0.15) is 71.6 Å². The molecule has 108 valence electrons. The number of rotatable bonds is 5. The molecule has 4 heteroatoms. The fourth-order valence-electron chi connectivity index (χ4n) is 2.88. The van der Waals surface area contributed by atoms with Gasteiger partial charge in [-0.3, -0.25) is 0 Å². The van der Waals surface area contributed by atoms with Gasteiger partial charge in [0.15, 0.2) is 0 Å². The first-order valence-electron chi connectivity index (χ1n) is 7.53. The van der Waals surface area contributed by atoms with Gasteiger partial charge in [-0.2, -0.15) is 0 Å². The summed E-state index contributed by atoms with van der Waals surface area (Å²) in [7, 11) is 0. The minimum Gasteiger partial charge on any atom is -0.425 e. The molecule has 0 saturated heterocycles. The van der Waals surface area contributed by atoms with Crippen LogP contribution in [0.5, 0.6) is 0 Å². The summed E-state index contributed by atoms with van der Waals surface area (Å²) in [4.78, 5) is 0. The Morgan fingerprint density at radius 3 is 2.47 bits per heavy atom. The van der Waals surface area contributed by atoms with E-state index in [0.717, 1.165) is 31.2 Å². The van der Waals surface area contributed by atoms with Gasteiger partial charge in [0.1, 0.15) is 0 Å². The van der Waals surface area contributed by atoms with Gasteiger partial charge in [0.05, 0.1) is 0 Å². The minimum atomic E-state index is 0.138. The molecule has 1 aromatic heterocycles. The Kier molecular flexibility index (Phi) is 4.29. The van der Waals surface area contributed by atoms with E-state index >= 15 is 0 Å². The zero-order valence-corrected chi connectivity index (χ0v) is 12.8. The number of hydrogen-bond donors (Lipinski definition) is 1. The predicted octanol–water partition coefficient (Wildman–Crippen LogP) is 3.22. The van der Waals surface area contributed by atoms with E-state index in [4.69, 9.17) is 4.42 Å². The largest absolute Gasteiger partial charge is 0.425 e. The molecular weight excluding hydrogens is 238 g/mol. The summed E-state index contributed by atoms with van der Waals surface area (Å²) >= 11 is 0. The maximum Gasteiger partial charge on any atom is 0.222 e. The van der Waals surface area contributed by atoms with E-state index < -0.39 is 0 Å². The highest BCUT2D eigenvalue weighted by Crippen LogP contribution is 2.42. The van der Waals surface area contributed by atoms with Gasteiger partial charge in [0.25, 0.3) is 0 Å². The third-order valence-corrected chi connectivity index (χ3v) is 4.15. The number of hydrogen-bond acceptors (Lipinski definition) is 4. The normalized spacial score (nSPS) is 18.9. The standard InChI is InChI=1S/C15H27N3O/c1-5-15(9-6-7-10-15)13-18-17-12(19-13)8-11-16-14(2,3)4/h16H,5-11H2,1-4H3. The summed E-state index contributed by atoms with van der Waals surface area (Å²) < 4.78 is 5.91. The van der Waals surface area contributed by atoms with E-state index in [1.165, 1.54) is 25.7 Å². The average molecular weight is 265 g/mol. The van der Waals surface area contributed by atoms with Crippen LogP contribution in [0.4, 0.5) is 0 Å². The molecular formula is C15H27N3O. The molecule has 19 heavy (non-hydrogen) atoms. The van der Waals surface area contributed by atoms with E-state index in [0.29, 0.717) is 0 Å². The van der Waals surface area contributed by atoms with Crippen molar-refractivity contribution in [2.75, 3.05) is 6.54 Å². The summed E-state index contributed by atoms with van der Waals surface area (Å²) in [5.74, 6) is 1.64. The van der Waals surface area contributed by atoms with E-state index in [-0.39, 0.29) is 11.0 Å². The lowest BCUT2D eigenvalue weighted by Gasteiger charge is -2.22. The van der Waals surface area contributed by atoms with Gasteiger partial charge in [0.2, 0.25) is 11.8 Å². The maximum atomic E-state index is 5.91. The minimum absolute atomic E-state index is 0.138. The molecule has 1 heterocycles. The summed E-state index contributed by atoms with van der Waals surface area (Å²) in [6.45, 7) is 9.60. The zero-order valence-electron chi connectivity index (χ0n) is 12.8. The Morgan fingerprint density at radius 1 is 1.21 bits per heavy atom. The molecule has 0 amide bonds. The van der Waals surface area contributed by atoms with Crippen LogP contribution in [0, 0.1) is 0 Å². The van der Waals surface area contributed by atoms with E-state index in [2.05, 4.69) is 43.2 Å². The van der Waals surface area contributed by atoms with Gasteiger partial charge in [0, 0.05) is 23.9 Å². The maximum absolute atomic E-state index is 5.91. The molecule has 1 saturated carbocycles. The quantitative estimate of drug-likeness (QED) is 0.888. The van der Waals surface area contributed by atoms with Crippen molar-refractivity contribution < 1.29 is 4.42 Å². The summed E-state index contributed by atoms with van der Waals surface area (Å²) in [5, 5.41) is 12.0. The van der Waals surface area contributed by atoms with Crippen molar-refractivity contribution in [2.45, 2.75) is 77.2 Å². The average Bonchev–Trinajstić information content (AvgIpc) is 2.95. The van der Waals surface area contributed by atoms with E-state index in [1.807, 2.05) is 0 Å². The number of aromatic nitrogens is 2. The molecule has 1 aliphatic carbocycles. The first kappa shape index (κ1) is 14.5. The molecule has 1 aromatic rings. The molecule has 0 spiro atoms. The van der Waals surface area contributed by atoms with Crippen LogP contribution in [-0.2, 0) is 11.8 Å². The molecule has 2 rings (SSSR count). The molecule has 0 radical (unpaired) electrons. The highest BCUT2D eigenvalue weighted by atomic mass is 16.4. The van der Waals surface area contributed by atoms with Gasteiger partial charge in [-0.1, -0.05) is 19.8 Å². The van der Waals surface area contributed by atoms with Crippen molar-refractivity contribution in [1.82, 2.24) is 15.5 Å². The summed E-state index contributed by atoms with van der Waals surface area (Å²) in [6.07, 6.45) is 6.89. The molecule has 1 aliphatic rings. The van der Waals surface area contributed by atoms with E-state index in [9.17, 15) is 0 Å². The van der Waals surface area contributed by atoms with Crippen LogP contribution < -0.4 is 5.32 Å². The second-order valence-electron chi connectivity index (χ2n) is 6.77. The fourth-order valence-corrected chi connectivity index (χ4v) is 2.88. The molecule has 1 N–H and O–H groups in total. The second kappa shape index (κ2) is 5.61. The zero-order chi connectivity index (χ0) is 13.9. The van der Waals surface area contributed by atoms with Crippen molar-refractivity contribution in [2.24, 2.45) is 0 Å². The summed E-state index contributed by atoms with van der Waals surface area (Å²) in [5.41, 5.74) is 0.307. The molecule has 0 aromatic carbocycles. The second-order valence-corrected chi connectivity index (χ2v) is 6.77. The lowest BCUT2D eigenvalue weighted by molar-refractivity contribution is 0.303. The smallest absolute Gasteiger partial charge is 0.222 e. The molecule has 0 bridgehead atoms. The monoisotopic (exact) mass is 265 g/mol. The van der Waals surface area contributed by atoms with Crippen molar-refractivity contribution in [3.05, 3.63) is 11.8 Å². The Morgan fingerprint density at radius 2 is 1.89 bits per heavy atom. The van der Waals surface area contributed by atoms with Gasteiger partial charge >= 0.3 is 0 Å². The van der Waals surface area contributed by atoms with Crippen molar-refractivity contribution in [3.8, 4) is 0 Å². The molecule has 4 nitrogen and oxygen atoms in total. The number of nitrogens with zero attached hydrogens (tertiary/aromatic N) is 2. The van der Waals surface area contributed by atoms with Gasteiger partial charge in [-0.15, -0.1) is 10.2 Å². The Hall–Kier alpha value is -0.900. The van der Waals surface area contributed by atoms with Crippen LogP contribution >= 0.6 is 0 Å². The van der Waals surface area contributed by atoms with Crippen LogP contribution in [0.15, 0.2) is 4.42 Å². The topological polar surface area (TPSA) is 51.0 Å². The summed E-state index contributed by atoms with van der Waals surface area (Å²) in [6, 6.07) is 0. The van der Waals surface area contributed by atoms with Crippen molar-refractivity contribution in [1.29, 1.82) is 0 Å².